The fourth-order valence-electron chi connectivity index (χ4n) is 3.80. The Morgan fingerprint density at radius 3 is 2.33 bits per heavy atom. The summed E-state index contributed by atoms with van der Waals surface area (Å²) in [6, 6.07) is 17.2. The molecule has 1 fully saturated rings. The van der Waals surface area contributed by atoms with Gasteiger partial charge in [-0.25, -0.2) is 0 Å². The quantitative estimate of drug-likeness (QED) is 0.852. The molecule has 1 aliphatic heterocycles. The molecule has 1 amide bonds. The van der Waals surface area contributed by atoms with E-state index in [0.717, 1.165) is 16.7 Å². The molecule has 1 saturated heterocycles. The number of carbonyl (C=O) groups excluding carboxylic acids is 1. The lowest BCUT2D eigenvalue weighted by Crippen LogP contribution is -2.49. The molecule has 2 aromatic carbocycles. The van der Waals surface area contributed by atoms with Gasteiger partial charge in [0.15, 0.2) is 0 Å². The molecular weight excluding hydrogens is 342 g/mol. The van der Waals surface area contributed by atoms with Crippen molar-refractivity contribution in [1.82, 2.24) is 4.90 Å². The zero-order valence-electron chi connectivity index (χ0n) is 15.6. The Labute approximate surface area is 159 Å². The minimum absolute atomic E-state index is 0.0385. The minimum atomic E-state index is -0.906. The average molecular weight is 367 g/mol. The number of hydrogen-bond acceptors (Lipinski definition) is 3. The van der Waals surface area contributed by atoms with Crippen LogP contribution in [0.4, 0.5) is 0 Å². The summed E-state index contributed by atoms with van der Waals surface area (Å²) in [4.78, 5) is 26.5. The number of piperidine rings is 1. The Morgan fingerprint density at radius 2 is 1.70 bits per heavy atom. The highest BCUT2D eigenvalue weighted by atomic mass is 16.5. The molecule has 0 aromatic heterocycles. The molecule has 0 bridgehead atoms. The molecule has 0 saturated carbocycles. The van der Waals surface area contributed by atoms with Gasteiger partial charge < -0.3 is 14.7 Å². The standard InChI is InChI=1S/C22H25NO4/c1-27-16-18-7-5-6-17(14-18)15-20(24)23-12-10-22(11-13-23,21(25)26)19-8-3-2-4-9-19/h2-9,14H,10-13,15-16H2,1H3,(H,25,26). The average Bonchev–Trinajstić information content (AvgIpc) is 2.69. The highest BCUT2D eigenvalue weighted by Gasteiger charge is 2.43. The zero-order valence-corrected chi connectivity index (χ0v) is 15.6. The number of hydrogen-bond donors (Lipinski definition) is 1. The van der Waals surface area contributed by atoms with E-state index in [1.807, 2.05) is 54.6 Å². The van der Waals surface area contributed by atoms with E-state index in [1.54, 1.807) is 12.0 Å². The van der Waals surface area contributed by atoms with Crippen molar-refractivity contribution in [2.45, 2.75) is 31.3 Å². The van der Waals surface area contributed by atoms with Crippen LogP contribution in [-0.4, -0.2) is 42.1 Å². The number of carbonyl (C=O) groups is 2. The van der Waals surface area contributed by atoms with Crippen LogP contribution >= 0.6 is 0 Å². The van der Waals surface area contributed by atoms with Crippen molar-refractivity contribution < 1.29 is 19.4 Å². The third-order valence-corrected chi connectivity index (χ3v) is 5.36. The first kappa shape index (κ1) is 19.1. The van der Waals surface area contributed by atoms with E-state index in [1.165, 1.54) is 0 Å². The van der Waals surface area contributed by atoms with Gasteiger partial charge in [-0.1, -0.05) is 54.6 Å². The molecule has 0 aliphatic carbocycles. The number of amides is 1. The highest BCUT2D eigenvalue weighted by Crippen LogP contribution is 2.36. The second-order valence-electron chi connectivity index (χ2n) is 7.06. The van der Waals surface area contributed by atoms with Crippen molar-refractivity contribution >= 4 is 11.9 Å². The second-order valence-corrected chi connectivity index (χ2v) is 7.06. The number of rotatable bonds is 6. The lowest BCUT2D eigenvalue weighted by Gasteiger charge is -2.39. The molecule has 142 valence electrons. The van der Waals surface area contributed by atoms with Gasteiger partial charge >= 0.3 is 5.97 Å². The van der Waals surface area contributed by atoms with E-state index in [9.17, 15) is 14.7 Å². The molecule has 0 atom stereocenters. The lowest BCUT2D eigenvalue weighted by atomic mass is 9.73. The molecule has 0 unspecified atom stereocenters. The van der Waals surface area contributed by atoms with Gasteiger partial charge in [0.05, 0.1) is 18.4 Å². The number of carboxylic acids is 1. The minimum Gasteiger partial charge on any atom is -0.481 e. The van der Waals surface area contributed by atoms with Gasteiger partial charge in [-0.3, -0.25) is 9.59 Å². The van der Waals surface area contributed by atoms with Crippen molar-refractivity contribution in [3.05, 3.63) is 71.3 Å². The molecule has 27 heavy (non-hydrogen) atoms. The fraction of sp³-hybridized carbons (Fsp3) is 0.364. The van der Waals surface area contributed by atoms with Crippen LogP contribution in [0, 0.1) is 0 Å². The predicted octanol–water partition coefficient (Wildman–Crippen LogP) is 3.02. The van der Waals surface area contributed by atoms with Gasteiger partial charge in [0.25, 0.3) is 0 Å². The number of methoxy groups -OCH3 is 1. The SMILES string of the molecule is COCc1cccc(CC(=O)N2CCC(C(=O)O)(c3ccccc3)CC2)c1. The summed E-state index contributed by atoms with van der Waals surface area (Å²) in [6.07, 6.45) is 1.19. The third kappa shape index (κ3) is 4.19. The maximum absolute atomic E-state index is 12.7. The molecule has 0 spiro atoms. The lowest BCUT2D eigenvalue weighted by molar-refractivity contribution is -0.148. The van der Waals surface area contributed by atoms with Gasteiger partial charge in [0.1, 0.15) is 0 Å². The second kappa shape index (κ2) is 8.35. The van der Waals surface area contributed by atoms with Crippen molar-refractivity contribution in [2.75, 3.05) is 20.2 Å². The van der Waals surface area contributed by atoms with E-state index < -0.39 is 11.4 Å². The fourth-order valence-corrected chi connectivity index (χ4v) is 3.80. The van der Waals surface area contributed by atoms with Crippen molar-refractivity contribution in [1.29, 1.82) is 0 Å². The van der Waals surface area contributed by atoms with Crippen LogP contribution in [0.3, 0.4) is 0 Å². The van der Waals surface area contributed by atoms with Crippen LogP contribution in [0.5, 0.6) is 0 Å². The molecule has 2 aromatic rings. The Hall–Kier alpha value is -2.66. The third-order valence-electron chi connectivity index (χ3n) is 5.36. The topological polar surface area (TPSA) is 66.8 Å². The van der Waals surface area contributed by atoms with Crippen molar-refractivity contribution in [3.8, 4) is 0 Å². The number of ether oxygens (including phenoxy) is 1. The molecule has 1 heterocycles. The Kier molecular flexibility index (Phi) is 5.91. The van der Waals surface area contributed by atoms with E-state index in [0.29, 0.717) is 39.0 Å². The van der Waals surface area contributed by atoms with Gasteiger partial charge in [-0.15, -0.1) is 0 Å². The predicted molar refractivity (Wildman–Crippen MR) is 102 cm³/mol. The van der Waals surface area contributed by atoms with Crippen molar-refractivity contribution in [3.63, 3.8) is 0 Å². The number of benzene rings is 2. The number of aliphatic carboxylic acids is 1. The monoisotopic (exact) mass is 367 g/mol. The van der Waals surface area contributed by atoms with E-state index in [2.05, 4.69) is 0 Å². The van der Waals surface area contributed by atoms with Crippen LogP contribution < -0.4 is 0 Å². The summed E-state index contributed by atoms with van der Waals surface area (Å²) in [5.74, 6) is -0.773. The highest BCUT2D eigenvalue weighted by molar-refractivity contribution is 5.83. The maximum Gasteiger partial charge on any atom is 0.314 e. The maximum atomic E-state index is 12.7. The van der Waals surface area contributed by atoms with Crippen LogP contribution in [0.1, 0.15) is 29.5 Å². The summed E-state index contributed by atoms with van der Waals surface area (Å²) in [7, 11) is 1.65. The molecule has 3 rings (SSSR count). The first-order valence-electron chi connectivity index (χ1n) is 9.18. The van der Waals surface area contributed by atoms with E-state index in [-0.39, 0.29) is 5.91 Å². The Bertz CT molecular complexity index is 795. The van der Waals surface area contributed by atoms with Crippen LogP contribution in [0.25, 0.3) is 0 Å². The first-order chi connectivity index (χ1) is 13.0. The van der Waals surface area contributed by atoms with E-state index in [4.69, 9.17) is 4.74 Å². The summed E-state index contributed by atoms with van der Waals surface area (Å²) in [5.41, 5.74) is 1.90. The van der Waals surface area contributed by atoms with Crippen LogP contribution in [0.2, 0.25) is 0 Å². The van der Waals surface area contributed by atoms with Crippen molar-refractivity contribution in [2.24, 2.45) is 0 Å². The Balaban J connectivity index is 1.67. The summed E-state index contributed by atoms with van der Waals surface area (Å²) in [6.45, 7) is 1.43. The Morgan fingerprint density at radius 1 is 1.04 bits per heavy atom. The molecular formula is C22H25NO4. The molecule has 0 radical (unpaired) electrons. The number of nitrogens with zero attached hydrogens (tertiary/aromatic N) is 1. The van der Waals surface area contributed by atoms with Gasteiger partial charge in [0, 0.05) is 20.2 Å². The number of carboxylic acid groups (broad SMARTS) is 1. The largest absolute Gasteiger partial charge is 0.481 e. The molecule has 5 nitrogen and oxygen atoms in total. The van der Waals surface area contributed by atoms with Crippen LogP contribution in [-0.2, 0) is 32.8 Å². The summed E-state index contributed by atoms with van der Waals surface area (Å²) in [5, 5.41) is 9.87. The molecule has 1 aliphatic rings. The van der Waals surface area contributed by atoms with Crippen LogP contribution in [0.15, 0.2) is 54.6 Å². The van der Waals surface area contributed by atoms with Gasteiger partial charge in [-0.2, -0.15) is 0 Å². The summed E-state index contributed by atoms with van der Waals surface area (Å²) >= 11 is 0. The van der Waals surface area contributed by atoms with E-state index >= 15 is 0 Å². The van der Waals surface area contributed by atoms with Gasteiger partial charge in [0.2, 0.25) is 5.91 Å². The van der Waals surface area contributed by atoms with Gasteiger partial charge in [-0.05, 0) is 29.5 Å². The molecule has 5 heteroatoms. The smallest absolute Gasteiger partial charge is 0.314 e. The zero-order chi connectivity index (χ0) is 19.3. The summed E-state index contributed by atoms with van der Waals surface area (Å²) < 4.78 is 5.14. The number of likely N-dealkylation sites (tertiary alicyclic amines) is 1. The molecule has 1 N–H and O–H groups in total. The first-order valence-corrected chi connectivity index (χ1v) is 9.18. The normalized spacial score (nSPS) is 16.1.